The van der Waals surface area contributed by atoms with Crippen molar-refractivity contribution in [3.8, 4) is 11.5 Å². The van der Waals surface area contributed by atoms with Gasteiger partial charge in [0.25, 0.3) is 0 Å². The van der Waals surface area contributed by atoms with Gasteiger partial charge in [-0.3, -0.25) is 0 Å². The minimum absolute atomic E-state index is 0.0341. The first-order chi connectivity index (χ1) is 10.5. The van der Waals surface area contributed by atoms with E-state index in [1.165, 1.54) is 0 Å². The zero-order valence-corrected chi connectivity index (χ0v) is 14.4. The van der Waals surface area contributed by atoms with Crippen molar-refractivity contribution < 1.29 is 24.2 Å². The number of ketones is 1. The summed E-state index contributed by atoms with van der Waals surface area (Å²) in [5.74, 6) is -0.395. The molecule has 1 atom stereocenters. The van der Waals surface area contributed by atoms with Crippen LogP contribution < -0.4 is 9.47 Å². The fraction of sp³-hybridized carbons (Fsp3) is 0.375. The Balaban J connectivity index is 2.33. The Hall–Kier alpha value is -1.78. The van der Waals surface area contributed by atoms with Gasteiger partial charge in [-0.05, 0) is 0 Å². The van der Waals surface area contributed by atoms with Crippen molar-refractivity contribution in [2.75, 3.05) is 13.7 Å². The second-order valence-electron chi connectivity index (χ2n) is 4.95. The van der Waals surface area contributed by atoms with Crippen molar-refractivity contribution in [2.24, 2.45) is 5.92 Å². The molecule has 0 saturated carbocycles. The molecule has 0 aliphatic heterocycles. The van der Waals surface area contributed by atoms with Gasteiger partial charge in [0.2, 0.25) is 0 Å². The molecule has 0 spiro atoms. The Morgan fingerprint density at radius 2 is 2.00 bits per heavy atom. The Morgan fingerprint density at radius 3 is 2.59 bits per heavy atom. The molecule has 1 heterocycles. The molecule has 0 aliphatic carbocycles. The maximum atomic E-state index is 12.2. The van der Waals surface area contributed by atoms with Crippen molar-refractivity contribution in [3.05, 3.63) is 22.6 Å². The molecular formula is C16H18O5Se. The topological polar surface area (TPSA) is 72.8 Å². The number of benzene rings is 1. The number of hydrogen-bond donors (Lipinski definition) is 1. The number of carbonyl (C=O) groups is 2. The molecule has 1 N–H and O–H groups in total. The van der Waals surface area contributed by atoms with Crippen LogP contribution >= 0.6 is 0 Å². The molecule has 0 radical (unpaired) electrons. The third kappa shape index (κ3) is 3.51. The Kier molecular flexibility index (Phi) is 5.27. The van der Waals surface area contributed by atoms with Gasteiger partial charge in [-0.2, -0.15) is 0 Å². The van der Waals surface area contributed by atoms with E-state index in [1.54, 1.807) is 14.0 Å². The number of methoxy groups -OCH3 is 1. The first kappa shape index (κ1) is 16.6. The molecule has 0 amide bonds. The second-order valence-corrected chi connectivity index (χ2v) is 7.22. The summed E-state index contributed by atoms with van der Waals surface area (Å²) >= 11 is -0.122. The van der Waals surface area contributed by atoms with Crippen molar-refractivity contribution in [3.63, 3.8) is 0 Å². The van der Waals surface area contributed by atoms with E-state index < -0.39 is 11.9 Å². The number of fused-ring (bicyclic) bond motifs is 1. The molecule has 22 heavy (non-hydrogen) atoms. The molecule has 0 aliphatic rings. The van der Waals surface area contributed by atoms with Crippen molar-refractivity contribution in [2.45, 2.75) is 20.3 Å². The van der Waals surface area contributed by atoms with Crippen LogP contribution in [0.3, 0.4) is 0 Å². The summed E-state index contributed by atoms with van der Waals surface area (Å²) in [6.45, 7) is 3.98. The average Bonchev–Trinajstić information content (AvgIpc) is 2.89. The number of carboxylic acids is 1. The first-order valence-corrected chi connectivity index (χ1v) is 8.68. The SMILES string of the molecule is CCOc1cc2cc(C(=O)CC(C)C(=O)O)[se]c2cc1OC. The monoisotopic (exact) mass is 370 g/mol. The minimum atomic E-state index is -0.947. The number of carboxylic acid groups (broad SMARTS) is 1. The molecule has 0 bridgehead atoms. The van der Waals surface area contributed by atoms with Crippen LogP contribution in [0.15, 0.2) is 18.2 Å². The van der Waals surface area contributed by atoms with Crippen LogP contribution in [0, 0.1) is 5.92 Å². The van der Waals surface area contributed by atoms with Crippen LogP contribution in [-0.4, -0.2) is 45.1 Å². The number of hydrogen-bond acceptors (Lipinski definition) is 4. The van der Waals surface area contributed by atoms with E-state index in [1.807, 2.05) is 25.1 Å². The number of carbonyl (C=O) groups excluding carboxylic acids is 1. The van der Waals surface area contributed by atoms with Crippen LogP contribution in [-0.2, 0) is 4.79 Å². The molecular weight excluding hydrogens is 351 g/mol. The summed E-state index contributed by atoms with van der Waals surface area (Å²) in [4.78, 5) is 23.1. The van der Waals surface area contributed by atoms with E-state index in [2.05, 4.69) is 0 Å². The summed E-state index contributed by atoms with van der Waals surface area (Å²) in [6, 6.07) is 5.62. The molecule has 1 unspecified atom stereocenters. The fourth-order valence-corrected chi connectivity index (χ4v) is 4.22. The predicted octanol–water partition coefficient (Wildman–Crippen LogP) is 2.60. The van der Waals surface area contributed by atoms with Crippen LogP contribution in [0.2, 0.25) is 0 Å². The van der Waals surface area contributed by atoms with E-state index in [9.17, 15) is 9.59 Å². The zero-order valence-electron chi connectivity index (χ0n) is 12.7. The molecule has 5 nitrogen and oxygen atoms in total. The van der Waals surface area contributed by atoms with Crippen LogP contribution in [0.1, 0.15) is 29.5 Å². The van der Waals surface area contributed by atoms with E-state index in [4.69, 9.17) is 14.6 Å². The van der Waals surface area contributed by atoms with Crippen LogP contribution in [0.4, 0.5) is 0 Å². The summed E-state index contributed by atoms with van der Waals surface area (Å²) in [5.41, 5.74) is 0. The number of ether oxygens (including phenoxy) is 2. The van der Waals surface area contributed by atoms with E-state index in [0.29, 0.717) is 22.5 Å². The molecule has 1 aromatic carbocycles. The second kappa shape index (κ2) is 6.99. The third-order valence-electron chi connectivity index (χ3n) is 3.29. The van der Waals surface area contributed by atoms with Gasteiger partial charge in [0, 0.05) is 0 Å². The number of rotatable bonds is 7. The van der Waals surface area contributed by atoms with Gasteiger partial charge in [0.05, 0.1) is 0 Å². The normalized spacial score (nSPS) is 12.1. The molecule has 0 saturated heterocycles. The van der Waals surface area contributed by atoms with Gasteiger partial charge in [-0.15, -0.1) is 0 Å². The molecule has 118 valence electrons. The molecule has 0 fully saturated rings. The molecule has 2 rings (SSSR count). The van der Waals surface area contributed by atoms with Crippen molar-refractivity contribution in [1.82, 2.24) is 0 Å². The van der Waals surface area contributed by atoms with Crippen LogP contribution in [0.5, 0.6) is 11.5 Å². The Morgan fingerprint density at radius 1 is 1.27 bits per heavy atom. The van der Waals surface area contributed by atoms with Gasteiger partial charge in [-0.1, -0.05) is 0 Å². The molecule has 6 heteroatoms. The molecule has 2 aromatic rings. The predicted molar refractivity (Wildman–Crippen MR) is 84.4 cm³/mol. The van der Waals surface area contributed by atoms with E-state index in [0.717, 1.165) is 9.65 Å². The van der Waals surface area contributed by atoms with Gasteiger partial charge < -0.3 is 0 Å². The van der Waals surface area contributed by atoms with Gasteiger partial charge >= 0.3 is 134 Å². The van der Waals surface area contributed by atoms with Crippen molar-refractivity contribution >= 4 is 35.9 Å². The third-order valence-corrected chi connectivity index (χ3v) is 5.68. The Labute approximate surface area is 134 Å². The summed E-state index contributed by atoms with van der Waals surface area (Å²) in [5, 5.41) is 9.87. The fourth-order valence-electron chi connectivity index (χ4n) is 2.08. The maximum absolute atomic E-state index is 12.2. The standard InChI is InChI=1S/C16H18O5Se/c1-4-21-13-6-10-7-15(11(17)5-9(2)16(18)19)22-14(10)8-12(13)20-3/h6-9H,4-5H2,1-3H3,(H,18,19). The van der Waals surface area contributed by atoms with E-state index in [-0.39, 0.29) is 26.7 Å². The van der Waals surface area contributed by atoms with Gasteiger partial charge in [0.15, 0.2) is 0 Å². The molecule has 1 aromatic heterocycles. The first-order valence-electron chi connectivity index (χ1n) is 6.96. The van der Waals surface area contributed by atoms with Crippen molar-refractivity contribution in [1.29, 1.82) is 0 Å². The quantitative estimate of drug-likeness (QED) is 0.600. The zero-order chi connectivity index (χ0) is 16.3. The summed E-state index contributed by atoms with van der Waals surface area (Å²) in [7, 11) is 1.58. The van der Waals surface area contributed by atoms with Crippen LogP contribution in [0.25, 0.3) is 9.65 Å². The van der Waals surface area contributed by atoms with Gasteiger partial charge in [-0.25, -0.2) is 0 Å². The number of Topliss-reactive ketones (excluding diaryl/α,β-unsaturated/α-hetero) is 1. The average molecular weight is 369 g/mol. The summed E-state index contributed by atoms with van der Waals surface area (Å²) < 4.78 is 12.6. The Bertz CT molecular complexity index is 704. The number of aliphatic carboxylic acids is 1. The van der Waals surface area contributed by atoms with Gasteiger partial charge in [0.1, 0.15) is 0 Å². The van der Waals surface area contributed by atoms with E-state index >= 15 is 0 Å². The summed E-state index contributed by atoms with van der Waals surface area (Å²) in [6.07, 6.45) is 0.0341.